The van der Waals surface area contributed by atoms with Crippen molar-refractivity contribution in [2.24, 2.45) is 0 Å². The van der Waals surface area contributed by atoms with Crippen LogP contribution in [0.1, 0.15) is 10.7 Å². The molecule has 1 aromatic carbocycles. The number of hydrogen-bond donors (Lipinski definition) is 1. The SMILES string of the molecule is CN(Cc1cnc[nH]1)Cc1nc2ccccc2s1. The minimum absolute atomic E-state index is 0.857. The van der Waals surface area contributed by atoms with Crippen molar-refractivity contribution in [3.63, 3.8) is 0 Å². The summed E-state index contributed by atoms with van der Waals surface area (Å²) >= 11 is 1.76. The molecule has 5 heteroatoms. The Morgan fingerprint density at radius 3 is 2.94 bits per heavy atom. The van der Waals surface area contributed by atoms with Crippen molar-refractivity contribution in [3.05, 3.63) is 47.5 Å². The highest BCUT2D eigenvalue weighted by molar-refractivity contribution is 7.18. The molecule has 4 nitrogen and oxygen atoms in total. The molecule has 2 heterocycles. The summed E-state index contributed by atoms with van der Waals surface area (Å²) in [4.78, 5) is 14.0. The molecular weight excluding hydrogens is 244 g/mol. The van der Waals surface area contributed by atoms with E-state index in [1.165, 1.54) is 4.70 Å². The second-order valence-corrected chi connectivity index (χ2v) is 5.44. The zero-order valence-electron chi connectivity index (χ0n) is 10.1. The van der Waals surface area contributed by atoms with E-state index in [0.717, 1.165) is 29.3 Å². The Morgan fingerprint density at radius 2 is 2.17 bits per heavy atom. The van der Waals surface area contributed by atoms with Crippen LogP contribution in [0.15, 0.2) is 36.8 Å². The summed E-state index contributed by atoms with van der Waals surface area (Å²) in [6.07, 6.45) is 3.57. The first kappa shape index (κ1) is 11.4. The van der Waals surface area contributed by atoms with Gasteiger partial charge in [0.2, 0.25) is 0 Å². The molecule has 0 radical (unpaired) electrons. The number of nitrogens with one attached hydrogen (secondary N) is 1. The Balaban J connectivity index is 1.71. The van der Waals surface area contributed by atoms with Crippen LogP contribution in [0.5, 0.6) is 0 Å². The summed E-state index contributed by atoms with van der Waals surface area (Å²) in [5.41, 5.74) is 2.21. The number of H-pyrrole nitrogens is 1. The van der Waals surface area contributed by atoms with Crippen molar-refractivity contribution < 1.29 is 0 Å². The van der Waals surface area contributed by atoms with Crippen LogP contribution in [-0.4, -0.2) is 26.9 Å². The molecule has 0 saturated carbocycles. The van der Waals surface area contributed by atoms with E-state index in [1.54, 1.807) is 17.7 Å². The lowest BCUT2D eigenvalue weighted by atomic mass is 10.3. The topological polar surface area (TPSA) is 44.8 Å². The highest BCUT2D eigenvalue weighted by Gasteiger charge is 2.07. The van der Waals surface area contributed by atoms with Crippen LogP contribution >= 0.6 is 11.3 Å². The molecule has 3 rings (SSSR count). The van der Waals surface area contributed by atoms with Crippen LogP contribution in [-0.2, 0) is 13.1 Å². The van der Waals surface area contributed by atoms with Gasteiger partial charge in [0, 0.05) is 18.4 Å². The number of imidazole rings is 1. The summed E-state index contributed by atoms with van der Waals surface area (Å²) in [7, 11) is 2.09. The largest absolute Gasteiger partial charge is 0.347 e. The summed E-state index contributed by atoms with van der Waals surface area (Å²) in [6, 6.07) is 8.26. The van der Waals surface area contributed by atoms with E-state index in [9.17, 15) is 0 Å². The highest BCUT2D eigenvalue weighted by Crippen LogP contribution is 2.22. The first-order valence-corrected chi connectivity index (χ1v) is 6.63. The number of aromatic nitrogens is 3. The Kier molecular flexibility index (Phi) is 3.08. The predicted octanol–water partition coefficient (Wildman–Crippen LogP) is 2.65. The van der Waals surface area contributed by atoms with Crippen LogP contribution in [0, 0.1) is 0 Å². The second-order valence-electron chi connectivity index (χ2n) is 4.32. The zero-order valence-corrected chi connectivity index (χ0v) is 10.9. The number of hydrogen-bond acceptors (Lipinski definition) is 4. The Morgan fingerprint density at radius 1 is 1.28 bits per heavy atom. The van der Waals surface area contributed by atoms with Crippen LogP contribution in [0.2, 0.25) is 0 Å². The van der Waals surface area contributed by atoms with E-state index in [4.69, 9.17) is 0 Å². The van der Waals surface area contributed by atoms with Crippen LogP contribution in [0.4, 0.5) is 0 Å². The number of nitrogens with zero attached hydrogens (tertiary/aromatic N) is 3. The van der Waals surface area contributed by atoms with E-state index in [1.807, 2.05) is 12.3 Å². The maximum Gasteiger partial charge on any atom is 0.108 e. The fourth-order valence-electron chi connectivity index (χ4n) is 1.94. The van der Waals surface area contributed by atoms with Gasteiger partial charge in [-0.3, -0.25) is 4.90 Å². The average Bonchev–Trinajstić information content (AvgIpc) is 2.96. The third-order valence-electron chi connectivity index (χ3n) is 2.74. The number of benzene rings is 1. The Hall–Kier alpha value is -1.72. The van der Waals surface area contributed by atoms with Crippen molar-refractivity contribution in [1.29, 1.82) is 0 Å². The monoisotopic (exact) mass is 258 g/mol. The van der Waals surface area contributed by atoms with Crippen molar-refractivity contribution in [2.45, 2.75) is 13.1 Å². The number of rotatable bonds is 4. The van der Waals surface area contributed by atoms with Gasteiger partial charge in [-0.25, -0.2) is 9.97 Å². The van der Waals surface area contributed by atoms with Crippen molar-refractivity contribution in [3.8, 4) is 0 Å². The molecule has 0 fully saturated rings. The molecule has 0 aliphatic rings. The maximum atomic E-state index is 4.63. The molecule has 3 aromatic rings. The molecule has 0 atom stereocenters. The van der Waals surface area contributed by atoms with E-state index in [0.29, 0.717) is 0 Å². The van der Waals surface area contributed by atoms with Gasteiger partial charge in [0.25, 0.3) is 0 Å². The second kappa shape index (κ2) is 4.88. The molecule has 0 saturated heterocycles. The van der Waals surface area contributed by atoms with Gasteiger partial charge in [-0.05, 0) is 19.2 Å². The van der Waals surface area contributed by atoms with Gasteiger partial charge in [0.1, 0.15) is 5.01 Å². The minimum Gasteiger partial charge on any atom is -0.347 e. The summed E-state index contributed by atoms with van der Waals surface area (Å²) in [5, 5.41) is 1.15. The van der Waals surface area contributed by atoms with Crippen molar-refractivity contribution in [2.75, 3.05) is 7.05 Å². The van der Waals surface area contributed by atoms with E-state index >= 15 is 0 Å². The van der Waals surface area contributed by atoms with Crippen molar-refractivity contribution in [1.82, 2.24) is 19.9 Å². The number of thiazole rings is 1. The van der Waals surface area contributed by atoms with E-state index in [2.05, 4.69) is 45.1 Å². The molecule has 92 valence electrons. The van der Waals surface area contributed by atoms with Crippen LogP contribution in [0.25, 0.3) is 10.2 Å². The standard InChI is InChI=1S/C13H14N4S/c1-17(7-10-6-14-9-15-10)8-13-16-11-4-2-3-5-12(11)18-13/h2-6,9H,7-8H2,1H3,(H,14,15). The number of fused-ring (bicyclic) bond motifs is 1. The predicted molar refractivity (Wildman–Crippen MR) is 73.4 cm³/mol. The van der Waals surface area contributed by atoms with Gasteiger partial charge in [0.05, 0.1) is 23.1 Å². The molecule has 0 unspecified atom stereocenters. The first-order valence-electron chi connectivity index (χ1n) is 5.81. The third kappa shape index (κ3) is 2.42. The Labute approximate surface area is 109 Å². The van der Waals surface area contributed by atoms with E-state index < -0.39 is 0 Å². The van der Waals surface area contributed by atoms with Gasteiger partial charge < -0.3 is 4.98 Å². The lowest BCUT2D eigenvalue weighted by Crippen LogP contribution is -2.17. The quantitative estimate of drug-likeness (QED) is 0.782. The average molecular weight is 258 g/mol. The number of aromatic amines is 1. The molecule has 0 bridgehead atoms. The normalized spacial score (nSPS) is 11.4. The lowest BCUT2D eigenvalue weighted by molar-refractivity contribution is 0.315. The van der Waals surface area contributed by atoms with E-state index in [-0.39, 0.29) is 0 Å². The maximum absolute atomic E-state index is 4.63. The molecule has 0 aliphatic heterocycles. The van der Waals surface area contributed by atoms with Crippen LogP contribution < -0.4 is 0 Å². The smallest absolute Gasteiger partial charge is 0.108 e. The molecule has 1 N–H and O–H groups in total. The number of para-hydroxylation sites is 1. The molecule has 0 amide bonds. The summed E-state index contributed by atoms with van der Waals surface area (Å²) < 4.78 is 1.25. The third-order valence-corrected chi connectivity index (χ3v) is 3.76. The van der Waals surface area contributed by atoms with Crippen molar-refractivity contribution >= 4 is 21.6 Å². The fourth-order valence-corrected chi connectivity index (χ4v) is 2.98. The minimum atomic E-state index is 0.857. The lowest BCUT2D eigenvalue weighted by Gasteiger charge is -2.13. The van der Waals surface area contributed by atoms with Crippen LogP contribution in [0.3, 0.4) is 0 Å². The molecule has 0 aliphatic carbocycles. The molecule has 18 heavy (non-hydrogen) atoms. The van der Waals surface area contributed by atoms with Gasteiger partial charge in [-0.15, -0.1) is 11.3 Å². The summed E-state index contributed by atoms with van der Waals surface area (Å²) in [5.74, 6) is 0. The van der Waals surface area contributed by atoms with Gasteiger partial charge in [-0.2, -0.15) is 0 Å². The highest BCUT2D eigenvalue weighted by atomic mass is 32.1. The van der Waals surface area contributed by atoms with Gasteiger partial charge in [-0.1, -0.05) is 12.1 Å². The molecular formula is C13H14N4S. The first-order chi connectivity index (χ1) is 8.81. The zero-order chi connectivity index (χ0) is 12.4. The summed E-state index contributed by atoms with van der Waals surface area (Å²) in [6.45, 7) is 1.72. The fraction of sp³-hybridized carbons (Fsp3) is 0.231. The Bertz CT molecular complexity index is 596. The molecule has 0 spiro atoms. The van der Waals surface area contributed by atoms with Gasteiger partial charge in [0.15, 0.2) is 0 Å². The van der Waals surface area contributed by atoms with Gasteiger partial charge >= 0.3 is 0 Å². The molecule has 2 aromatic heterocycles.